The molecule has 1 unspecified atom stereocenters. The summed E-state index contributed by atoms with van der Waals surface area (Å²) in [5.74, 6) is -20.3. The molecule has 0 radical (unpaired) electrons. The Morgan fingerprint density at radius 1 is 0.773 bits per heavy atom. The van der Waals surface area contributed by atoms with Crippen LogP contribution in [0.2, 0.25) is 0 Å². The largest absolute Gasteiger partial charge is 0.460 e. The van der Waals surface area contributed by atoms with Crippen molar-refractivity contribution in [3.05, 3.63) is 35.9 Å². The minimum absolute atomic E-state index is 0.119. The predicted molar refractivity (Wildman–Crippen MR) is 60.4 cm³/mol. The van der Waals surface area contributed by atoms with Crippen LogP contribution in [0.5, 0.6) is 0 Å². The zero-order valence-electron chi connectivity index (χ0n) is 11.1. The van der Waals surface area contributed by atoms with Crippen molar-refractivity contribution >= 4 is 0 Å². The highest BCUT2D eigenvalue weighted by molar-refractivity contribution is 5.19. The number of hydrogen-bond acceptors (Lipinski definition) is 0. The molecule has 22 heavy (non-hydrogen) atoms. The zero-order valence-corrected chi connectivity index (χ0v) is 11.1. The van der Waals surface area contributed by atoms with Crippen molar-refractivity contribution in [2.75, 3.05) is 0 Å². The van der Waals surface area contributed by atoms with Gasteiger partial charge in [0, 0.05) is 6.42 Å². The number of benzene rings is 1. The van der Waals surface area contributed by atoms with Crippen LogP contribution in [-0.2, 0) is 0 Å². The van der Waals surface area contributed by atoms with Crippen molar-refractivity contribution in [1.82, 2.24) is 0 Å². The minimum Gasteiger partial charge on any atom is -0.200 e. The molecule has 0 aliphatic heterocycles. The van der Waals surface area contributed by atoms with Gasteiger partial charge in [-0.25, -0.2) is 0 Å². The molecule has 0 heterocycles. The summed E-state index contributed by atoms with van der Waals surface area (Å²) in [6.45, 7) is 1.03. The monoisotopic (exact) mass is 338 g/mol. The summed E-state index contributed by atoms with van der Waals surface area (Å²) in [4.78, 5) is 0. The number of alkyl halides is 9. The third kappa shape index (κ3) is 3.17. The highest BCUT2D eigenvalue weighted by Gasteiger charge is 2.81. The molecule has 0 N–H and O–H groups in total. The van der Waals surface area contributed by atoms with Crippen molar-refractivity contribution < 1.29 is 39.5 Å². The Morgan fingerprint density at radius 3 is 1.64 bits per heavy atom. The van der Waals surface area contributed by atoms with Gasteiger partial charge in [-0.05, 0) is 11.5 Å². The molecule has 126 valence electrons. The zero-order chi connectivity index (χ0) is 17.4. The normalized spacial score (nSPS) is 15.7. The van der Waals surface area contributed by atoms with Crippen LogP contribution < -0.4 is 0 Å². The second-order valence-corrected chi connectivity index (χ2v) is 4.87. The van der Waals surface area contributed by atoms with Gasteiger partial charge in [0.25, 0.3) is 0 Å². The molecule has 0 nitrogen and oxygen atoms in total. The van der Waals surface area contributed by atoms with Crippen molar-refractivity contribution in [3.63, 3.8) is 0 Å². The SMILES string of the molecule is CC(CC(F)(F)C(F)(F)C(F)(F)C(F)(F)F)c1ccccc1. The predicted octanol–water partition coefficient (Wildman–Crippen LogP) is 5.65. The molecule has 1 aromatic carbocycles. The topological polar surface area (TPSA) is 0 Å². The molecule has 1 atom stereocenters. The summed E-state index contributed by atoms with van der Waals surface area (Å²) in [5.41, 5.74) is 0.119. The van der Waals surface area contributed by atoms with Crippen LogP contribution in [0.4, 0.5) is 39.5 Å². The summed E-state index contributed by atoms with van der Waals surface area (Å²) in [6.07, 6.45) is -8.63. The third-order valence-corrected chi connectivity index (χ3v) is 3.14. The van der Waals surface area contributed by atoms with Gasteiger partial charge in [0.1, 0.15) is 0 Å². The summed E-state index contributed by atoms with van der Waals surface area (Å²) < 4.78 is 114. The molecule has 0 saturated carbocycles. The molecule has 0 amide bonds. The average Bonchev–Trinajstić information content (AvgIpc) is 2.37. The van der Waals surface area contributed by atoms with E-state index in [1.54, 1.807) is 0 Å². The summed E-state index contributed by atoms with van der Waals surface area (Å²) in [5, 5.41) is 0. The standard InChI is InChI=1S/C13H11F9/c1-8(9-5-3-2-4-6-9)7-10(14,15)11(16,17)12(18,19)13(20,21)22/h2-6,8H,7H2,1H3. The van der Waals surface area contributed by atoms with Crippen LogP contribution in [0.1, 0.15) is 24.8 Å². The first-order valence-electron chi connectivity index (χ1n) is 5.99. The lowest BCUT2D eigenvalue weighted by Crippen LogP contribution is -2.61. The van der Waals surface area contributed by atoms with E-state index in [-0.39, 0.29) is 5.56 Å². The smallest absolute Gasteiger partial charge is 0.200 e. The van der Waals surface area contributed by atoms with Crippen molar-refractivity contribution in [2.24, 2.45) is 0 Å². The van der Waals surface area contributed by atoms with E-state index in [2.05, 4.69) is 0 Å². The third-order valence-electron chi connectivity index (χ3n) is 3.14. The van der Waals surface area contributed by atoms with E-state index >= 15 is 0 Å². The first-order chi connectivity index (χ1) is 9.74. The summed E-state index contributed by atoms with van der Waals surface area (Å²) >= 11 is 0. The van der Waals surface area contributed by atoms with Crippen molar-refractivity contribution in [2.45, 2.75) is 43.2 Å². The van der Waals surface area contributed by atoms with Crippen molar-refractivity contribution in [1.29, 1.82) is 0 Å². The van der Waals surface area contributed by atoms with Gasteiger partial charge in [0.2, 0.25) is 0 Å². The van der Waals surface area contributed by atoms with Crippen LogP contribution >= 0.6 is 0 Å². The van der Waals surface area contributed by atoms with Crippen LogP contribution in [0.25, 0.3) is 0 Å². The van der Waals surface area contributed by atoms with Gasteiger partial charge in [-0.3, -0.25) is 0 Å². The molecule has 0 fully saturated rings. The quantitative estimate of drug-likeness (QED) is 0.609. The summed E-state index contributed by atoms with van der Waals surface area (Å²) in [7, 11) is 0. The Bertz CT molecular complexity index is 490. The number of rotatable bonds is 5. The molecule has 0 aliphatic carbocycles. The Morgan fingerprint density at radius 2 is 1.23 bits per heavy atom. The highest BCUT2D eigenvalue weighted by Crippen LogP contribution is 2.55. The maximum atomic E-state index is 13.4. The lowest BCUT2D eigenvalue weighted by atomic mass is 9.90. The molecule has 1 rings (SSSR count). The van der Waals surface area contributed by atoms with Gasteiger partial charge in [-0.2, -0.15) is 39.5 Å². The Kier molecular flexibility index (Phi) is 4.79. The van der Waals surface area contributed by atoms with Crippen LogP contribution in [-0.4, -0.2) is 23.9 Å². The lowest BCUT2D eigenvalue weighted by Gasteiger charge is -2.34. The van der Waals surface area contributed by atoms with E-state index < -0.39 is 36.3 Å². The van der Waals surface area contributed by atoms with Crippen molar-refractivity contribution in [3.8, 4) is 0 Å². The van der Waals surface area contributed by atoms with Gasteiger partial charge in [-0.1, -0.05) is 37.3 Å². The van der Waals surface area contributed by atoms with E-state index in [1.807, 2.05) is 0 Å². The molecular formula is C13H11F9. The fourth-order valence-electron chi connectivity index (χ4n) is 1.82. The van der Waals surface area contributed by atoms with E-state index in [4.69, 9.17) is 0 Å². The fourth-order valence-corrected chi connectivity index (χ4v) is 1.82. The fraction of sp³-hybridized carbons (Fsp3) is 0.538. The Hall–Kier alpha value is -1.41. The first-order valence-corrected chi connectivity index (χ1v) is 5.99. The average molecular weight is 338 g/mol. The molecule has 0 spiro atoms. The minimum atomic E-state index is -6.83. The van der Waals surface area contributed by atoms with Crippen LogP contribution in [0.15, 0.2) is 30.3 Å². The van der Waals surface area contributed by atoms with E-state index in [9.17, 15) is 39.5 Å². The molecule has 9 heteroatoms. The second-order valence-electron chi connectivity index (χ2n) is 4.87. The van der Waals surface area contributed by atoms with Gasteiger partial charge < -0.3 is 0 Å². The van der Waals surface area contributed by atoms with Gasteiger partial charge in [0.15, 0.2) is 0 Å². The van der Waals surface area contributed by atoms with E-state index in [1.165, 1.54) is 30.3 Å². The molecule has 1 aromatic rings. The molecule has 0 aliphatic rings. The Balaban J connectivity index is 3.07. The molecule has 0 bridgehead atoms. The highest BCUT2D eigenvalue weighted by atomic mass is 19.4. The van der Waals surface area contributed by atoms with Gasteiger partial charge >= 0.3 is 23.9 Å². The molecular weight excluding hydrogens is 327 g/mol. The maximum absolute atomic E-state index is 13.4. The maximum Gasteiger partial charge on any atom is 0.460 e. The number of halogens is 9. The lowest BCUT2D eigenvalue weighted by molar-refractivity contribution is -0.397. The molecule has 0 saturated heterocycles. The Labute approximate surface area is 119 Å². The van der Waals surface area contributed by atoms with Crippen LogP contribution in [0, 0.1) is 0 Å². The van der Waals surface area contributed by atoms with E-state index in [0.717, 1.165) is 6.92 Å². The summed E-state index contributed by atoms with van der Waals surface area (Å²) in [6, 6.07) is 6.85. The van der Waals surface area contributed by atoms with Crippen LogP contribution in [0.3, 0.4) is 0 Å². The first kappa shape index (κ1) is 18.6. The van der Waals surface area contributed by atoms with Gasteiger partial charge in [0.05, 0.1) is 0 Å². The number of hydrogen-bond donors (Lipinski definition) is 0. The van der Waals surface area contributed by atoms with E-state index in [0.29, 0.717) is 0 Å². The molecule has 0 aromatic heterocycles. The second kappa shape index (κ2) is 5.66. The van der Waals surface area contributed by atoms with Gasteiger partial charge in [-0.15, -0.1) is 0 Å².